The molecule has 0 aromatic heterocycles. The SMILES string of the molecule is Cc1cccc(C2OC34CCCCCCC3C(C#N)(C(=N)O4)C2(C#N)C#N)c1. The molecule has 28 heavy (non-hydrogen) atoms. The fourth-order valence-electron chi connectivity index (χ4n) is 5.35. The number of nitriles is 3. The highest BCUT2D eigenvalue weighted by molar-refractivity contribution is 5.89. The van der Waals surface area contributed by atoms with Crippen LogP contribution in [0.1, 0.15) is 55.8 Å². The Bertz CT molecular complexity index is 939. The maximum absolute atomic E-state index is 10.3. The lowest BCUT2D eigenvalue weighted by Crippen LogP contribution is -2.59. The van der Waals surface area contributed by atoms with Crippen LogP contribution >= 0.6 is 0 Å². The summed E-state index contributed by atoms with van der Waals surface area (Å²) >= 11 is 0. The van der Waals surface area contributed by atoms with Crippen LogP contribution in [-0.4, -0.2) is 11.7 Å². The average molecular weight is 374 g/mol. The number of nitrogens with zero attached hydrogens (tertiary/aromatic N) is 3. The Kier molecular flexibility index (Phi) is 4.18. The molecule has 3 fully saturated rings. The Morgan fingerprint density at radius 3 is 2.50 bits per heavy atom. The lowest BCUT2D eigenvalue weighted by Gasteiger charge is -2.50. The van der Waals surface area contributed by atoms with Crippen LogP contribution in [-0.2, 0) is 9.47 Å². The molecule has 2 bridgehead atoms. The van der Waals surface area contributed by atoms with E-state index in [1.807, 2.05) is 31.2 Å². The van der Waals surface area contributed by atoms with Gasteiger partial charge in [-0.05, 0) is 25.3 Å². The summed E-state index contributed by atoms with van der Waals surface area (Å²) in [5.41, 5.74) is -1.85. The van der Waals surface area contributed by atoms with Gasteiger partial charge in [0.25, 0.3) is 0 Å². The van der Waals surface area contributed by atoms with Gasteiger partial charge >= 0.3 is 0 Å². The van der Waals surface area contributed by atoms with Crippen molar-refractivity contribution < 1.29 is 9.47 Å². The molecule has 2 heterocycles. The van der Waals surface area contributed by atoms with Gasteiger partial charge in [-0.15, -0.1) is 0 Å². The van der Waals surface area contributed by atoms with Crippen LogP contribution in [0.25, 0.3) is 0 Å². The van der Waals surface area contributed by atoms with Crippen molar-refractivity contribution in [1.82, 2.24) is 0 Å². The number of aryl methyl sites for hydroxylation is 1. The van der Waals surface area contributed by atoms with E-state index in [1.54, 1.807) is 0 Å². The van der Waals surface area contributed by atoms with Gasteiger partial charge in [-0.1, -0.05) is 49.1 Å². The number of hydrogen-bond donors (Lipinski definition) is 1. The molecule has 4 atom stereocenters. The highest BCUT2D eigenvalue weighted by Crippen LogP contribution is 2.68. The van der Waals surface area contributed by atoms with E-state index in [1.165, 1.54) is 0 Å². The standard InChI is InChI=1S/C22H22N4O2/c1-15-7-6-8-16(11-15)18-20(12-23,13-24)21(14-25)17-9-4-2-3-5-10-22(17,27-18)28-19(21)26/h6-8,11,17-18,26H,2-5,9-10H2,1H3. The summed E-state index contributed by atoms with van der Waals surface area (Å²) in [4.78, 5) is 0. The Morgan fingerprint density at radius 1 is 1.07 bits per heavy atom. The summed E-state index contributed by atoms with van der Waals surface area (Å²) in [6.45, 7) is 1.93. The smallest absolute Gasteiger partial charge is 0.217 e. The lowest BCUT2D eigenvalue weighted by molar-refractivity contribution is -0.289. The second-order valence-corrected chi connectivity index (χ2v) is 8.11. The molecule has 6 nitrogen and oxygen atoms in total. The molecule has 1 N–H and O–H groups in total. The van der Waals surface area contributed by atoms with E-state index in [4.69, 9.17) is 14.9 Å². The molecule has 2 saturated heterocycles. The maximum Gasteiger partial charge on any atom is 0.217 e. The largest absolute Gasteiger partial charge is 0.447 e. The molecule has 1 aliphatic carbocycles. The van der Waals surface area contributed by atoms with Crippen LogP contribution in [0.2, 0.25) is 0 Å². The second-order valence-electron chi connectivity index (χ2n) is 8.11. The third-order valence-electron chi connectivity index (χ3n) is 6.66. The van der Waals surface area contributed by atoms with E-state index in [0.29, 0.717) is 18.4 Å². The first kappa shape index (κ1) is 18.5. The Labute approximate surface area is 164 Å². The number of nitrogens with one attached hydrogen (secondary N) is 1. The molecule has 4 rings (SSSR count). The summed E-state index contributed by atoms with van der Waals surface area (Å²) in [5.74, 6) is -1.92. The molecule has 1 aromatic rings. The van der Waals surface area contributed by atoms with Crippen molar-refractivity contribution in [3.05, 3.63) is 35.4 Å². The predicted molar refractivity (Wildman–Crippen MR) is 99.4 cm³/mol. The Balaban J connectivity index is 1.99. The van der Waals surface area contributed by atoms with E-state index in [-0.39, 0.29) is 5.90 Å². The molecule has 0 radical (unpaired) electrons. The van der Waals surface area contributed by atoms with E-state index >= 15 is 0 Å². The van der Waals surface area contributed by atoms with Crippen molar-refractivity contribution in [3.8, 4) is 18.2 Å². The number of ether oxygens (including phenoxy) is 2. The zero-order chi connectivity index (χ0) is 20.0. The van der Waals surface area contributed by atoms with Crippen molar-refractivity contribution in [3.63, 3.8) is 0 Å². The number of benzene rings is 1. The molecule has 6 heteroatoms. The Morgan fingerprint density at radius 2 is 1.82 bits per heavy atom. The first-order chi connectivity index (χ1) is 13.5. The van der Waals surface area contributed by atoms with Gasteiger partial charge in [-0.3, -0.25) is 5.41 Å². The number of rotatable bonds is 1. The van der Waals surface area contributed by atoms with Gasteiger partial charge in [0.2, 0.25) is 17.1 Å². The van der Waals surface area contributed by atoms with Gasteiger partial charge in [0.15, 0.2) is 5.41 Å². The van der Waals surface area contributed by atoms with E-state index in [9.17, 15) is 15.8 Å². The topological polar surface area (TPSA) is 114 Å². The van der Waals surface area contributed by atoms with Gasteiger partial charge in [0, 0.05) is 6.42 Å². The van der Waals surface area contributed by atoms with E-state index in [0.717, 1.165) is 31.2 Å². The molecule has 0 amide bonds. The molecular formula is C22H22N4O2. The van der Waals surface area contributed by atoms with Crippen molar-refractivity contribution in [1.29, 1.82) is 21.2 Å². The third kappa shape index (κ3) is 2.12. The zero-order valence-corrected chi connectivity index (χ0v) is 15.9. The van der Waals surface area contributed by atoms with Crippen molar-refractivity contribution in [2.24, 2.45) is 16.7 Å². The van der Waals surface area contributed by atoms with Gasteiger partial charge in [-0.25, -0.2) is 0 Å². The minimum Gasteiger partial charge on any atom is -0.447 e. The normalized spacial score (nSPS) is 35.9. The summed E-state index contributed by atoms with van der Waals surface area (Å²) < 4.78 is 12.5. The quantitative estimate of drug-likeness (QED) is 0.788. The highest BCUT2D eigenvalue weighted by Gasteiger charge is 2.79. The van der Waals surface area contributed by atoms with Crippen LogP contribution in [0.15, 0.2) is 24.3 Å². The Hall–Kier alpha value is -2.88. The molecule has 2 aliphatic heterocycles. The van der Waals surface area contributed by atoms with Crippen LogP contribution in [0.5, 0.6) is 0 Å². The molecular weight excluding hydrogens is 352 g/mol. The molecule has 142 valence electrons. The number of hydrogen-bond acceptors (Lipinski definition) is 6. The van der Waals surface area contributed by atoms with E-state index < -0.39 is 28.6 Å². The van der Waals surface area contributed by atoms with Crippen LogP contribution in [0.4, 0.5) is 0 Å². The minimum atomic E-state index is -1.85. The molecule has 3 aliphatic rings. The summed E-state index contributed by atoms with van der Waals surface area (Å²) in [7, 11) is 0. The highest BCUT2D eigenvalue weighted by atomic mass is 16.7. The summed E-state index contributed by atoms with van der Waals surface area (Å²) in [6.07, 6.45) is 3.97. The van der Waals surface area contributed by atoms with Gasteiger partial charge in [-0.2, -0.15) is 15.8 Å². The van der Waals surface area contributed by atoms with Crippen LogP contribution in [0, 0.1) is 63.1 Å². The molecule has 0 spiro atoms. The van der Waals surface area contributed by atoms with Crippen LogP contribution in [0.3, 0.4) is 0 Å². The second kappa shape index (κ2) is 6.33. The zero-order valence-electron chi connectivity index (χ0n) is 15.9. The monoisotopic (exact) mass is 374 g/mol. The lowest BCUT2D eigenvalue weighted by atomic mass is 9.52. The van der Waals surface area contributed by atoms with Gasteiger partial charge in [0.1, 0.15) is 6.10 Å². The summed E-state index contributed by atoms with van der Waals surface area (Å²) in [5, 5.41) is 39.4. The molecule has 1 saturated carbocycles. The van der Waals surface area contributed by atoms with Crippen LogP contribution < -0.4 is 0 Å². The minimum absolute atomic E-state index is 0.292. The van der Waals surface area contributed by atoms with Crippen molar-refractivity contribution in [2.45, 2.75) is 57.3 Å². The van der Waals surface area contributed by atoms with Crippen molar-refractivity contribution >= 4 is 5.90 Å². The first-order valence-electron chi connectivity index (χ1n) is 9.76. The predicted octanol–water partition coefficient (Wildman–Crippen LogP) is 4.28. The van der Waals surface area contributed by atoms with E-state index in [2.05, 4.69) is 18.2 Å². The first-order valence-corrected chi connectivity index (χ1v) is 9.76. The molecule has 4 unspecified atom stereocenters. The fraction of sp³-hybridized carbons (Fsp3) is 0.545. The fourth-order valence-corrected chi connectivity index (χ4v) is 5.35. The van der Waals surface area contributed by atoms with Crippen molar-refractivity contribution in [2.75, 3.05) is 0 Å². The van der Waals surface area contributed by atoms with Gasteiger partial charge < -0.3 is 9.47 Å². The summed E-state index contributed by atoms with van der Waals surface area (Å²) in [6, 6.07) is 13.9. The average Bonchev–Trinajstić information content (AvgIpc) is 2.85. The molecule has 1 aromatic carbocycles. The maximum atomic E-state index is 10.3. The third-order valence-corrected chi connectivity index (χ3v) is 6.66. The van der Waals surface area contributed by atoms with Gasteiger partial charge in [0.05, 0.1) is 24.1 Å².